The summed E-state index contributed by atoms with van der Waals surface area (Å²) in [5.41, 5.74) is 5.36. The monoisotopic (exact) mass is 801 g/mol. The summed E-state index contributed by atoms with van der Waals surface area (Å²) in [6.45, 7) is 3.97. The molecule has 0 aliphatic carbocycles. The van der Waals surface area contributed by atoms with E-state index in [1.165, 1.54) is 154 Å². The zero-order valence-corrected chi connectivity index (χ0v) is 36.7. The number of phosphoric acid groups is 1. The normalized spacial score (nSPS) is 14.8. The quantitative estimate of drug-likeness (QED) is 0.0232. The standard InChI is InChI=1S/C45H89N2O7P/c1-3-5-7-9-11-13-15-17-19-21-22-24-26-28-30-32-34-36-42(48)40-45(50)47-43(41-54-55(51,52)53-39-38-46)44(49)37-35-33-31-29-27-25-23-20-18-16-14-12-10-8-6-4-2/h27,29,35,37,42-44,48-49H,3-26,28,30-34,36,38-41,46H2,1-2H3,(H,47,50)(H,51,52)/b29-27+,37-35+. The molecular weight excluding hydrogens is 711 g/mol. The van der Waals surface area contributed by atoms with Crippen molar-refractivity contribution in [3.8, 4) is 0 Å². The summed E-state index contributed by atoms with van der Waals surface area (Å²) in [4.78, 5) is 22.8. The molecule has 0 aliphatic heterocycles. The number of unbranched alkanes of at least 4 members (excludes halogenated alkanes) is 27. The van der Waals surface area contributed by atoms with Crippen molar-refractivity contribution in [1.82, 2.24) is 5.32 Å². The van der Waals surface area contributed by atoms with Gasteiger partial charge in [-0.25, -0.2) is 4.57 Å². The van der Waals surface area contributed by atoms with Crippen molar-refractivity contribution >= 4 is 13.7 Å². The third kappa shape index (κ3) is 39.5. The summed E-state index contributed by atoms with van der Waals surface area (Å²) in [6.07, 6.45) is 44.1. The third-order valence-corrected chi connectivity index (χ3v) is 11.3. The van der Waals surface area contributed by atoms with E-state index in [4.69, 9.17) is 14.8 Å². The molecule has 0 aromatic carbocycles. The number of phosphoric ester groups is 1. The summed E-state index contributed by atoms with van der Waals surface area (Å²) in [5, 5.41) is 24.1. The van der Waals surface area contributed by atoms with Gasteiger partial charge in [-0.1, -0.05) is 205 Å². The molecule has 1 amide bonds. The van der Waals surface area contributed by atoms with Crippen molar-refractivity contribution in [2.75, 3.05) is 19.8 Å². The fraction of sp³-hybridized carbons (Fsp3) is 0.889. The van der Waals surface area contributed by atoms with Crippen molar-refractivity contribution in [3.63, 3.8) is 0 Å². The lowest BCUT2D eigenvalue weighted by Crippen LogP contribution is -2.46. The van der Waals surface area contributed by atoms with Crippen molar-refractivity contribution < 1.29 is 33.5 Å². The van der Waals surface area contributed by atoms with Gasteiger partial charge in [-0.2, -0.15) is 0 Å². The Morgan fingerprint density at radius 1 is 0.618 bits per heavy atom. The first-order valence-electron chi connectivity index (χ1n) is 23.0. The Kier molecular flexibility index (Phi) is 40.3. The van der Waals surface area contributed by atoms with Crippen LogP contribution >= 0.6 is 7.82 Å². The number of allylic oxidation sites excluding steroid dienone is 3. The number of hydrogen-bond donors (Lipinski definition) is 5. The summed E-state index contributed by atoms with van der Waals surface area (Å²) < 4.78 is 22.1. The van der Waals surface area contributed by atoms with E-state index >= 15 is 0 Å². The van der Waals surface area contributed by atoms with E-state index in [0.29, 0.717) is 12.8 Å². The summed E-state index contributed by atoms with van der Waals surface area (Å²) >= 11 is 0. The van der Waals surface area contributed by atoms with E-state index < -0.39 is 38.6 Å². The van der Waals surface area contributed by atoms with Gasteiger partial charge < -0.3 is 26.2 Å². The molecule has 0 aliphatic rings. The van der Waals surface area contributed by atoms with Gasteiger partial charge in [0, 0.05) is 6.54 Å². The Morgan fingerprint density at radius 3 is 1.51 bits per heavy atom. The van der Waals surface area contributed by atoms with E-state index in [-0.39, 0.29) is 19.6 Å². The van der Waals surface area contributed by atoms with Crippen LogP contribution in [-0.2, 0) is 18.4 Å². The Hall–Kier alpha value is -1.06. The molecule has 10 heteroatoms. The molecule has 0 bridgehead atoms. The van der Waals surface area contributed by atoms with Crippen LogP contribution < -0.4 is 11.1 Å². The topological polar surface area (TPSA) is 151 Å². The van der Waals surface area contributed by atoms with Crippen LogP contribution in [-0.4, -0.2) is 59.0 Å². The van der Waals surface area contributed by atoms with Gasteiger partial charge in [-0.3, -0.25) is 13.8 Å². The van der Waals surface area contributed by atoms with Crippen LogP contribution in [0.2, 0.25) is 0 Å². The molecule has 4 atom stereocenters. The third-order valence-electron chi connectivity index (χ3n) is 10.3. The molecule has 0 spiro atoms. The summed E-state index contributed by atoms with van der Waals surface area (Å²) in [5.74, 6) is -0.453. The average Bonchev–Trinajstić information content (AvgIpc) is 3.16. The number of amides is 1. The van der Waals surface area contributed by atoms with Crippen molar-refractivity contribution in [3.05, 3.63) is 24.3 Å². The van der Waals surface area contributed by atoms with Gasteiger partial charge in [-0.05, 0) is 32.1 Å². The van der Waals surface area contributed by atoms with Gasteiger partial charge in [0.05, 0.1) is 37.9 Å². The molecule has 0 saturated heterocycles. The number of nitrogens with one attached hydrogen (secondary N) is 1. The largest absolute Gasteiger partial charge is 0.472 e. The van der Waals surface area contributed by atoms with Crippen LogP contribution in [0, 0.1) is 0 Å². The maximum Gasteiger partial charge on any atom is 0.472 e. The maximum atomic E-state index is 12.8. The second-order valence-corrected chi connectivity index (χ2v) is 17.3. The van der Waals surface area contributed by atoms with Crippen LogP contribution in [0.5, 0.6) is 0 Å². The number of carbonyl (C=O) groups is 1. The van der Waals surface area contributed by atoms with Gasteiger partial charge in [0.15, 0.2) is 0 Å². The fourth-order valence-electron chi connectivity index (χ4n) is 6.84. The van der Waals surface area contributed by atoms with Gasteiger partial charge >= 0.3 is 7.82 Å². The summed E-state index contributed by atoms with van der Waals surface area (Å²) in [6, 6.07) is -0.995. The molecule has 326 valence electrons. The van der Waals surface area contributed by atoms with Crippen LogP contribution in [0.4, 0.5) is 0 Å². The Bertz CT molecular complexity index is 935. The molecule has 9 nitrogen and oxygen atoms in total. The van der Waals surface area contributed by atoms with E-state index in [1.807, 2.05) is 6.08 Å². The zero-order valence-electron chi connectivity index (χ0n) is 35.8. The van der Waals surface area contributed by atoms with E-state index in [9.17, 15) is 24.5 Å². The first-order chi connectivity index (χ1) is 26.8. The molecule has 0 saturated carbocycles. The van der Waals surface area contributed by atoms with Gasteiger partial charge in [0.25, 0.3) is 0 Å². The van der Waals surface area contributed by atoms with Crippen LogP contribution in [0.25, 0.3) is 0 Å². The van der Waals surface area contributed by atoms with Gasteiger partial charge in [-0.15, -0.1) is 0 Å². The van der Waals surface area contributed by atoms with Crippen molar-refractivity contribution in [2.45, 2.75) is 238 Å². The van der Waals surface area contributed by atoms with E-state index in [0.717, 1.165) is 32.1 Å². The molecule has 0 rings (SSSR count). The minimum absolute atomic E-state index is 0.0461. The highest BCUT2D eigenvalue weighted by molar-refractivity contribution is 7.47. The Balaban J connectivity index is 4.30. The molecule has 0 aromatic heterocycles. The van der Waals surface area contributed by atoms with Gasteiger partial charge in [0.1, 0.15) is 0 Å². The number of aliphatic hydroxyl groups is 2. The molecule has 6 N–H and O–H groups in total. The number of nitrogens with two attached hydrogens (primary N) is 1. The Labute approximate surface area is 339 Å². The maximum absolute atomic E-state index is 12.8. The zero-order chi connectivity index (χ0) is 40.5. The molecule has 4 unspecified atom stereocenters. The number of aliphatic hydroxyl groups excluding tert-OH is 2. The lowest BCUT2D eigenvalue weighted by atomic mass is 10.0. The average molecular weight is 801 g/mol. The highest BCUT2D eigenvalue weighted by Crippen LogP contribution is 2.43. The van der Waals surface area contributed by atoms with Gasteiger partial charge in [0.2, 0.25) is 5.91 Å². The molecular formula is C45H89N2O7P. The second kappa shape index (κ2) is 41.1. The number of carbonyl (C=O) groups excluding carboxylic acids is 1. The smallest absolute Gasteiger partial charge is 0.393 e. The number of rotatable bonds is 43. The number of hydrogen-bond acceptors (Lipinski definition) is 7. The van der Waals surface area contributed by atoms with E-state index in [1.54, 1.807) is 6.08 Å². The molecule has 0 radical (unpaired) electrons. The fourth-order valence-corrected chi connectivity index (χ4v) is 7.60. The Morgan fingerprint density at radius 2 is 1.04 bits per heavy atom. The second-order valence-electron chi connectivity index (χ2n) is 15.8. The van der Waals surface area contributed by atoms with Crippen molar-refractivity contribution in [1.29, 1.82) is 0 Å². The highest BCUT2D eigenvalue weighted by Gasteiger charge is 2.27. The minimum atomic E-state index is -4.41. The first-order valence-corrected chi connectivity index (χ1v) is 24.5. The van der Waals surface area contributed by atoms with Crippen LogP contribution in [0.15, 0.2) is 24.3 Å². The van der Waals surface area contributed by atoms with Crippen LogP contribution in [0.3, 0.4) is 0 Å². The predicted octanol–water partition coefficient (Wildman–Crippen LogP) is 11.9. The predicted molar refractivity (Wildman–Crippen MR) is 232 cm³/mol. The molecule has 0 fully saturated rings. The van der Waals surface area contributed by atoms with Crippen LogP contribution in [0.1, 0.15) is 219 Å². The van der Waals surface area contributed by atoms with E-state index in [2.05, 4.69) is 31.3 Å². The lowest BCUT2D eigenvalue weighted by molar-refractivity contribution is -0.124. The molecule has 0 aromatic rings. The highest BCUT2D eigenvalue weighted by atomic mass is 31.2. The molecule has 0 heterocycles. The lowest BCUT2D eigenvalue weighted by Gasteiger charge is -2.24. The van der Waals surface area contributed by atoms with Crippen molar-refractivity contribution in [2.24, 2.45) is 5.73 Å². The molecule has 55 heavy (non-hydrogen) atoms. The summed E-state index contributed by atoms with van der Waals surface area (Å²) in [7, 11) is -4.41. The minimum Gasteiger partial charge on any atom is -0.393 e. The first kappa shape index (κ1) is 53.9. The SMILES string of the molecule is CCCCCCCCCCCC/C=C/CC/C=C/C(O)C(COP(=O)(O)OCCN)NC(=O)CC(O)CCCCCCCCCCCCCCCCCCC.